The Hall–Kier alpha value is -2.95. The molecule has 2 amide bonds. The van der Waals surface area contributed by atoms with Crippen molar-refractivity contribution in [3.8, 4) is 0 Å². The van der Waals surface area contributed by atoms with Gasteiger partial charge >= 0.3 is 11.8 Å². The van der Waals surface area contributed by atoms with Gasteiger partial charge in [0, 0.05) is 17.3 Å². The van der Waals surface area contributed by atoms with Crippen molar-refractivity contribution in [2.45, 2.75) is 38.5 Å². The zero-order valence-electron chi connectivity index (χ0n) is 14.9. The van der Waals surface area contributed by atoms with Gasteiger partial charge < -0.3 is 5.32 Å². The minimum absolute atomic E-state index is 0.199. The summed E-state index contributed by atoms with van der Waals surface area (Å²) in [6.07, 6.45) is 4.03. The summed E-state index contributed by atoms with van der Waals surface area (Å²) < 4.78 is 0. The Balaban J connectivity index is 1.64. The van der Waals surface area contributed by atoms with Gasteiger partial charge in [-0.15, -0.1) is 0 Å². The standard InChI is InChI=1S/C21H23N3O2/c1-15-11-13-17(14-12-15)22-20(25)21(26)24-23-19-10-6-5-9-18(19)16-7-3-2-4-8-16/h2-4,7-8,11-14,18H,5-6,9-10H2,1H3,(H,22,25)(H,24,26)/b23-19-/t18-/m0/s1. The fraction of sp³-hybridized carbons (Fsp3) is 0.286. The molecule has 0 radical (unpaired) electrons. The van der Waals surface area contributed by atoms with Gasteiger partial charge in [0.2, 0.25) is 0 Å². The summed E-state index contributed by atoms with van der Waals surface area (Å²) >= 11 is 0. The van der Waals surface area contributed by atoms with Crippen molar-refractivity contribution in [1.82, 2.24) is 5.43 Å². The van der Waals surface area contributed by atoms with Gasteiger partial charge in [0.25, 0.3) is 0 Å². The topological polar surface area (TPSA) is 70.6 Å². The molecule has 1 aliphatic carbocycles. The summed E-state index contributed by atoms with van der Waals surface area (Å²) in [6, 6.07) is 17.4. The van der Waals surface area contributed by atoms with E-state index >= 15 is 0 Å². The van der Waals surface area contributed by atoms with Crippen LogP contribution in [0.1, 0.15) is 42.7 Å². The number of hydrogen-bond donors (Lipinski definition) is 2. The molecule has 0 aromatic heterocycles. The monoisotopic (exact) mass is 349 g/mol. The van der Waals surface area contributed by atoms with Gasteiger partial charge in [-0.2, -0.15) is 5.10 Å². The lowest BCUT2D eigenvalue weighted by molar-refractivity contribution is -0.136. The summed E-state index contributed by atoms with van der Waals surface area (Å²) in [5, 5.41) is 6.85. The van der Waals surface area contributed by atoms with Crippen molar-refractivity contribution in [3.05, 3.63) is 65.7 Å². The van der Waals surface area contributed by atoms with Crippen LogP contribution in [0.3, 0.4) is 0 Å². The molecule has 3 rings (SSSR count). The Morgan fingerprint density at radius 3 is 2.42 bits per heavy atom. The fourth-order valence-electron chi connectivity index (χ4n) is 3.17. The predicted molar refractivity (Wildman–Crippen MR) is 103 cm³/mol. The van der Waals surface area contributed by atoms with Crippen molar-refractivity contribution in [1.29, 1.82) is 0 Å². The van der Waals surface area contributed by atoms with Gasteiger partial charge in [-0.1, -0.05) is 54.4 Å². The second-order valence-corrected chi connectivity index (χ2v) is 6.57. The van der Waals surface area contributed by atoms with Gasteiger partial charge in [0.1, 0.15) is 0 Å². The highest BCUT2D eigenvalue weighted by Crippen LogP contribution is 2.30. The number of nitrogens with zero attached hydrogens (tertiary/aromatic N) is 1. The maximum Gasteiger partial charge on any atom is 0.329 e. The third kappa shape index (κ3) is 4.57. The summed E-state index contributed by atoms with van der Waals surface area (Å²) in [6.45, 7) is 1.96. The van der Waals surface area contributed by atoms with Crippen LogP contribution in [0.5, 0.6) is 0 Å². The predicted octanol–water partition coefficient (Wildman–Crippen LogP) is 3.76. The number of nitrogens with one attached hydrogen (secondary N) is 2. The highest BCUT2D eigenvalue weighted by molar-refractivity contribution is 6.39. The average molecular weight is 349 g/mol. The molecule has 0 aliphatic heterocycles. The van der Waals surface area contributed by atoms with Crippen LogP contribution in [-0.2, 0) is 9.59 Å². The number of carbonyl (C=O) groups excluding carboxylic acids is 2. The zero-order chi connectivity index (χ0) is 18.4. The quantitative estimate of drug-likeness (QED) is 0.654. The number of aryl methyl sites for hydroxylation is 1. The Kier molecular flexibility index (Phi) is 5.79. The van der Waals surface area contributed by atoms with Crippen LogP contribution in [-0.4, -0.2) is 17.5 Å². The van der Waals surface area contributed by atoms with Gasteiger partial charge in [-0.3, -0.25) is 9.59 Å². The second-order valence-electron chi connectivity index (χ2n) is 6.57. The van der Waals surface area contributed by atoms with Crippen LogP contribution in [0.25, 0.3) is 0 Å². The number of hydrogen-bond acceptors (Lipinski definition) is 3. The molecule has 5 heteroatoms. The Bertz CT molecular complexity index is 798. The maximum atomic E-state index is 12.1. The number of amides is 2. The molecular formula is C21H23N3O2. The average Bonchev–Trinajstić information content (AvgIpc) is 2.68. The SMILES string of the molecule is Cc1ccc(NC(=O)C(=O)N/N=C2/CCCC[C@H]2c2ccccc2)cc1. The Morgan fingerprint density at radius 1 is 0.962 bits per heavy atom. The summed E-state index contributed by atoms with van der Waals surface area (Å²) in [7, 11) is 0. The van der Waals surface area contributed by atoms with E-state index < -0.39 is 11.8 Å². The second kappa shape index (κ2) is 8.43. The summed E-state index contributed by atoms with van der Waals surface area (Å²) in [5.74, 6) is -1.27. The van der Waals surface area contributed by atoms with E-state index in [2.05, 4.69) is 28.0 Å². The fourth-order valence-corrected chi connectivity index (χ4v) is 3.17. The molecule has 1 saturated carbocycles. The molecule has 0 saturated heterocycles. The lowest BCUT2D eigenvalue weighted by atomic mass is 9.82. The van der Waals surface area contributed by atoms with E-state index in [1.165, 1.54) is 5.56 Å². The number of hydrazone groups is 1. The first-order chi connectivity index (χ1) is 12.6. The van der Waals surface area contributed by atoms with Crippen molar-refractivity contribution >= 4 is 23.2 Å². The molecular weight excluding hydrogens is 326 g/mol. The normalized spacial score (nSPS) is 18.3. The van der Waals surface area contributed by atoms with Gasteiger partial charge in [-0.05, 0) is 43.9 Å². The largest absolute Gasteiger partial charge is 0.329 e. The first kappa shape index (κ1) is 17.9. The zero-order valence-corrected chi connectivity index (χ0v) is 14.9. The molecule has 0 bridgehead atoms. The molecule has 1 atom stereocenters. The third-order valence-corrected chi connectivity index (χ3v) is 4.60. The van der Waals surface area contributed by atoms with Crippen LogP contribution < -0.4 is 10.7 Å². The molecule has 2 aromatic carbocycles. The first-order valence-electron chi connectivity index (χ1n) is 8.93. The number of benzene rings is 2. The lowest BCUT2D eigenvalue weighted by Crippen LogP contribution is -2.34. The van der Waals surface area contributed by atoms with Gasteiger partial charge in [0.15, 0.2) is 0 Å². The molecule has 0 unspecified atom stereocenters. The third-order valence-electron chi connectivity index (χ3n) is 4.60. The molecule has 2 N–H and O–H groups in total. The number of rotatable bonds is 3. The highest BCUT2D eigenvalue weighted by Gasteiger charge is 2.23. The van der Waals surface area contributed by atoms with E-state index in [0.29, 0.717) is 5.69 Å². The Labute approximate surface area is 153 Å². The van der Waals surface area contributed by atoms with Crippen molar-refractivity contribution in [3.63, 3.8) is 0 Å². The van der Waals surface area contributed by atoms with E-state index in [1.54, 1.807) is 12.1 Å². The van der Waals surface area contributed by atoms with Gasteiger partial charge in [-0.25, -0.2) is 5.43 Å². The van der Waals surface area contributed by atoms with E-state index in [1.807, 2.05) is 37.3 Å². The minimum atomic E-state index is -0.754. The van der Waals surface area contributed by atoms with E-state index in [4.69, 9.17) is 0 Å². The Morgan fingerprint density at radius 2 is 1.69 bits per heavy atom. The van der Waals surface area contributed by atoms with Crippen molar-refractivity contribution in [2.75, 3.05) is 5.32 Å². The molecule has 1 fully saturated rings. The van der Waals surface area contributed by atoms with E-state index in [-0.39, 0.29) is 5.92 Å². The van der Waals surface area contributed by atoms with Crippen molar-refractivity contribution in [2.24, 2.45) is 5.10 Å². The van der Waals surface area contributed by atoms with Crippen LogP contribution in [0.2, 0.25) is 0 Å². The van der Waals surface area contributed by atoms with Crippen LogP contribution in [0.15, 0.2) is 59.7 Å². The summed E-state index contributed by atoms with van der Waals surface area (Å²) in [4.78, 5) is 24.1. The van der Waals surface area contributed by atoms with Gasteiger partial charge in [0.05, 0.1) is 0 Å². The first-order valence-corrected chi connectivity index (χ1v) is 8.93. The van der Waals surface area contributed by atoms with Crippen LogP contribution in [0, 0.1) is 6.92 Å². The molecule has 5 nitrogen and oxygen atoms in total. The van der Waals surface area contributed by atoms with Crippen LogP contribution in [0.4, 0.5) is 5.69 Å². The molecule has 0 spiro atoms. The summed E-state index contributed by atoms with van der Waals surface area (Å²) in [5.41, 5.74) is 6.22. The molecule has 1 aliphatic rings. The number of carbonyl (C=O) groups is 2. The highest BCUT2D eigenvalue weighted by atomic mass is 16.2. The number of anilines is 1. The molecule has 2 aromatic rings. The maximum absolute atomic E-state index is 12.1. The van der Waals surface area contributed by atoms with E-state index in [0.717, 1.165) is 37.0 Å². The smallest absolute Gasteiger partial charge is 0.318 e. The molecule has 0 heterocycles. The lowest BCUT2D eigenvalue weighted by Gasteiger charge is -2.24. The van der Waals surface area contributed by atoms with E-state index in [9.17, 15) is 9.59 Å². The molecule has 26 heavy (non-hydrogen) atoms. The van der Waals surface area contributed by atoms with Crippen molar-refractivity contribution < 1.29 is 9.59 Å². The minimum Gasteiger partial charge on any atom is -0.318 e. The molecule has 134 valence electrons. The van der Waals surface area contributed by atoms with Crippen LogP contribution >= 0.6 is 0 Å².